The molecule has 5 saturated carbocycles. The van der Waals surface area contributed by atoms with Crippen molar-refractivity contribution in [3.05, 3.63) is 0 Å². The molecule has 1 unspecified atom stereocenters. The Bertz CT molecular complexity index is 550. The molecular formula is C24H40O2. The maximum atomic E-state index is 10.6. The third kappa shape index (κ3) is 2.65. The lowest BCUT2D eigenvalue weighted by Crippen LogP contribution is -2.52. The SMILES string of the molecule is CC(O)[C@H]1C[C@@H](C2CC2)[C@H]2[C@@H]3CC[C@@H]4C[C@](C)(O)CC[C@@H]4[C@H]3CC[C@@]21C. The lowest BCUT2D eigenvalue weighted by atomic mass is 9.48. The third-order valence-corrected chi connectivity index (χ3v) is 10.2. The van der Waals surface area contributed by atoms with Gasteiger partial charge in [0.05, 0.1) is 11.7 Å². The minimum absolute atomic E-state index is 0.135. The van der Waals surface area contributed by atoms with E-state index in [4.69, 9.17) is 0 Å². The molecule has 2 heteroatoms. The van der Waals surface area contributed by atoms with Gasteiger partial charge in [0.15, 0.2) is 0 Å². The van der Waals surface area contributed by atoms with Crippen LogP contribution in [0.25, 0.3) is 0 Å². The molecule has 2 nitrogen and oxygen atoms in total. The molecule has 0 aromatic rings. The predicted molar refractivity (Wildman–Crippen MR) is 105 cm³/mol. The maximum Gasteiger partial charge on any atom is 0.0622 e. The van der Waals surface area contributed by atoms with Crippen molar-refractivity contribution in [1.29, 1.82) is 0 Å². The van der Waals surface area contributed by atoms with Crippen molar-refractivity contribution in [2.45, 2.75) is 96.7 Å². The van der Waals surface area contributed by atoms with Crippen molar-refractivity contribution in [3.8, 4) is 0 Å². The zero-order valence-electron chi connectivity index (χ0n) is 17.2. The molecule has 0 saturated heterocycles. The van der Waals surface area contributed by atoms with Gasteiger partial charge in [-0.15, -0.1) is 0 Å². The summed E-state index contributed by atoms with van der Waals surface area (Å²) in [6, 6.07) is 0. The van der Waals surface area contributed by atoms with E-state index in [2.05, 4.69) is 20.8 Å². The van der Waals surface area contributed by atoms with E-state index in [9.17, 15) is 10.2 Å². The molecule has 0 heterocycles. The minimum Gasteiger partial charge on any atom is -0.393 e. The van der Waals surface area contributed by atoms with E-state index in [1.165, 1.54) is 51.4 Å². The van der Waals surface area contributed by atoms with Crippen molar-refractivity contribution in [2.24, 2.45) is 52.8 Å². The minimum atomic E-state index is -0.404. The average molecular weight is 361 g/mol. The molecule has 5 aliphatic rings. The van der Waals surface area contributed by atoms with Crippen LogP contribution in [0, 0.1) is 52.8 Å². The van der Waals surface area contributed by atoms with Crippen LogP contribution in [0.3, 0.4) is 0 Å². The second kappa shape index (κ2) is 5.96. The molecule has 0 aromatic heterocycles. The molecule has 0 bridgehead atoms. The first kappa shape index (κ1) is 18.0. The van der Waals surface area contributed by atoms with Gasteiger partial charge in [0, 0.05) is 0 Å². The van der Waals surface area contributed by atoms with Crippen LogP contribution < -0.4 is 0 Å². The van der Waals surface area contributed by atoms with Gasteiger partial charge in [-0.05, 0) is 131 Å². The Morgan fingerprint density at radius 2 is 1.50 bits per heavy atom. The lowest BCUT2D eigenvalue weighted by molar-refractivity contribution is -0.113. The van der Waals surface area contributed by atoms with Crippen molar-refractivity contribution >= 4 is 0 Å². The van der Waals surface area contributed by atoms with Crippen LogP contribution in [0.1, 0.15) is 85.0 Å². The quantitative estimate of drug-likeness (QED) is 0.725. The summed E-state index contributed by atoms with van der Waals surface area (Å²) in [7, 11) is 0. The molecule has 10 atom stereocenters. The zero-order chi connectivity index (χ0) is 18.3. The van der Waals surface area contributed by atoms with Crippen LogP contribution in [0.15, 0.2) is 0 Å². The fourth-order valence-electron chi connectivity index (χ4n) is 9.06. The number of hydrogen-bond acceptors (Lipinski definition) is 2. The van der Waals surface area contributed by atoms with E-state index in [1.807, 2.05) is 0 Å². The number of aliphatic hydroxyl groups excluding tert-OH is 1. The number of fused-ring (bicyclic) bond motifs is 5. The van der Waals surface area contributed by atoms with Crippen molar-refractivity contribution in [3.63, 3.8) is 0 Å². The highest BCUT2D eigenvalue weighted by atomic mass is 16.3. The fourth-order valence-corrected chi connectivity index (χ4v) is 9.06. The van der Waals surface area contributed by atoms with E-state index in [0.29, 0.717) is 11.3 Å². The summed E-state index contributed by atoms with van der Waals surface area (Å²) in [5.74, 6) is 6.76. The normalized spacial score (nSPS) is 57.8. The molecule has 5 rings (SSSR count). The standard InChI is InChI=1S/C24H40O2/c1-14(25)21-12-20(15-4-5-15)22-19-7-6-16-13-23(2,26)10-8-17(16)18(19)9-11-24(21,22)3/h14-22,25-26H,4-13H2,1-3H3/t14?,16-,17+,18-,19-,20+,21-,22-,23-,24-/m1/s1. The van der Waals surface area contributed by atoms with Gasteiger partial charge in [0.1, 0.15) is 0 Å². The van der Waals surface area contributed by atoms with E-state index in [1.54, 1.807) is 0 Å². The summed E-state index contributed by atoms with van der Waals surface area (Å²) in [5.41, 5.74) is -0.0197. The van der Waals surface area contributed by atoms with Gasteiger partial charge in [0.2, 0.25) is 0 Å². The van der Waals surface area contributed by atoms with Crippen molar-refractivity contribution in [1.82, 2.24) is 0 Å². The molecule has 26 heavy (non-hydrogen) atoms. The highest BCUT2D eigenvalue weighted by Crippen LogP contribution is 2.69. The number of aliphatic hydroxyl groups is 2. The fraction of sp³-hybridized carbons (Fsp3) is 1.00. The van der Waals surface area contributed by atoms with Crippen molar-refractivity contribution < 1.29 is 10.2 Å². The van der Waals surface area contributed by atoms with Crippen LogP contribution in [0.5, 0.6) is 0 Å². The molecule has 0 aliphatic heterocycles. The van der Waals surface area contributed by atoms with Crippen molar-refractivity contribution in [2.75, 3.05) is 0 Å². The second-order valence-electron chi connectivity index (χ2n) is 11.7. The largest absolute Gasteiger partial charge is 0.393 e. The molecule has 148 valence electrons. The Morgan fingerprint density at radius 3 is 2.19 bits per heavy atom. The molecular weight excluding hydrogens is 320 g/mol. The summed E-state index contributed by atoms with van der Waals surface area (Å²) in [6.07, 6.45) is 12.9. The van der Waals surface area contributed by atoms with Gasteiger partial charge in [-0.3, -0.25) is 0 Å². The Labute approximate surface area is 160 Å². The van der Waals surface area contributed by atoms with Crippen LogP contribution in [0.2, 0.25) is 0 Å². The van der Waals surface area contributed by atoms with Gasteiger partial charge in [-0.2, -0.15) is 0 Å². The molecule has 5 fully saturated rings. The smallest absolute Gasteiger partial charge is 0.0622 e. The Balaban J connectivity index is 1.43. The zero-order valence-corrected chi connectivity index (χ0v) is 17.2. The van der Waals surface area contributed by atoms with E-state index in [0.717, 1.165) is 54.3 Å². The maximum absolute atomic E-state index is 10.6. The summed E-state index contributed by atoms with van der Waals surface area (Å²) in [4.78, 5) is 0. The Morgan fingerprint density at radius 1 is 0.808 bits per heavy atom. The van der Waals surface area contributed by atoms with Crippen LogP contribution in [0.4, 0.5) is 0 Å². The van der Waals surface area contributed by atoms with E-state index in [-0.39, 0.29) is 6.10 Å². The van der Waals surface area contributed by atoms with E-state index >= 15 is 0 Å². The van der Waals surface area contributed by atoms with E-state index < -0.39 is 5.60 Å². The first-order valence-electron chi connectivity index (χ1n) is 11.7. The lowest BCUT2D eigenvalue weighted by Gasteiger charge is -2.58. The summed E-state index contributed by atoms with van der Waals surface area (Å²) < 4.78 is 0. The van der Waals surface area contributed by atoms with Crippen LogP contribution in [-0.2, 0) is 0 Å². The van der Waals surface area contributed by atoms with Gasteiger partial charge < -0.3 is 10.2 Å². The molecule has 5 aliphatic carbocycles. The molecule has 0 amide bonds. The third-order valence-electron chi connectivity index (χ3n) is 10.2. The first-order valence-corrected chi connectivity index (χ1v) is 11.7. The summed E-state index contributed by atoms with van der Waals surface area (Å²) in [6.45, 7) is 6.69. The van der Waals surface area contributed by atoms with Crippen LogP contribution in [-0.4, -0.2) is 21.9 Å². The average Bonchev–Trinajstić information content (AvgIpc) is 3.35. The van der Waals surface area contributed by atoms with Gasteiger partial charge in [-0.25, -0.2) is 0 Å². The first-order chi connectivity index (χ1) is 12.3. The molecule has 0 spiro atoms. The van der Waals surface area contributed by atoms with Crippen LogP contribution >= 0.6 is 0 Å². The predicted octanol–water partition coefficient (Wildman–Crippen LogP) is 5.02. The summed E-state index contributed by atoms with van der Waals surface area (Å²) >= 11 is 0. The molecule has 0 radical (unpaired) electrons. The monoisotopic (exact) mass is 360 g/mol. The molecule has 2 N–H and O–H groups in total. The summed E-state index contributed by atoms with van der Waals surface area (Å²) in [5, 5.41) is 21.2. The highest BCUT2D eigenvalue weighted by Gasteiger charge is 2.63. The Hall–Kier alpha value is -0.0800. The van der Waals surface area contributed by atoms with Gasteiger partial charge in [0.25, 0.3) is 0 Å². The highest BCUT2D eigenvalue weighted by molar-refractivity contribution is 5.12. The molecule has 0 aromatic carbocycles. The van der Waals surface area contributed by atoms with Gasteiger partial charge >= 0.3 is 0 Å². The Kier molecular flexibility index (Phi) is 4.12. The van der Waals surface area contributed by atoms with Gasteiger partial charge in [-0.1, -0.05) is 6.92 Å². The second-order valence-corrected chi connectivity index (χ2v) is 11.7. The number of rotatable bonds is 2. The topological polar surface area (TPSA) is 40.5 Å². The number of hydrogen-bond donors (Lipinski definition) is 2.